The van der Waals surface area contributed by atoms with Gasteiger partial charge in [-0.1, -0.05) is 19.7 Å². The van der Waals surface area contributed by atoms with Crippen molar-refractivity contribution in [1.82, 2.24) is 0 Å². The first-order valence-corrected chi connectivity index (χ1v) is 14.2. The Bertz CT molecular complexity index is 973. The maximum atomic E-state index is 12.7. The van der Waals surface area contributed by atoms with Gasteiger partial charge in [-0.2, -0.15) is 0 Å². The predicted octanol–water partition coefficient (Wildman–Crippen LogP) is 2.84. The third kappa shape index (κ3) is 16.3. The van der Waals surface area contributed by atoms with Crippen LogP contribution in [-0.4, -0.2) is 86.7 Å². The Morgan fingerprint density at radius 2 is 0.977 bits per heavy atom. The summed E-state index contributed by atoms with van der Waals surface area (Å²) in [5.74, 6) is -3.50. The second-order valence-corrected chi connectivity index (χ2v) is 9.46. The van der Waals surface area contributed by atoms with Gasteiger partial charge in [0.2, 0.25) is 0 Å². The van der Waals surface area contributed by atoms with E-state index in [9.17, 15) is 28.8 Å². The average Bonchev–Trinajstić information content (AvgIpc) is 2.99. The molecule has 1 heterocycles. The van der Waals surface area contributed by atoms with Gasteiger partial charge in [-0.15, -0.1) is 0 Å². The van der Waals surface area contributed by atoms with Crippen LogP contribution in [0.4, 0.5) is 0 Å². The van der Waals surface area contributed by atoms with Crippen LogP contribution in [0.25, 0.3) is 0 Å². The van der Waals surface area contributed by atoms with Gasteiger partial charge in [-0.05, 0) is 45.4 Å². The van der Waals surface area contributed by atoms with Crippen LogP contribution in [0.3, 0.4) is 0 Å². The standard InChI is InChI=1S/C30H42O13/c1-5-23(31)37-17-11-8-14-26(34)41-22-20-40-21(4)29(42-27(35)15-9-12-18-38-24(32)6-2)30(22)43-28(36)16-10-13-19-39-25(33)7-3/h5-7,21-22,29-30H,1-3,8-20H2,4H3/t21?,22-,29+,30?/m1/s1. The first-order valence-electron chi connectivity index (χ1n) is 14.2. The highest BCUT2D eigenvalue weighted by Crippen LogP contribution is 2.25. The molecular formula is C30H42O13. The van der Waals surface area contributed by atoms with Crippen molar-refractivity contribution in [3.8, 4) is 0 Å². The van der Waals surface area contributed by atoms with Crippen molar-refractivity contribution in [2.45, 2.75) is 89.1 Å². The first-order chi connectivity index (χ1) is 20.6. The first kappa shape index (κ1) is 37.0. The number of carbonyl (C=O) groups excluding carboxylic acids is 6. The fourth-order valence-electron chi connectivity index (χ4n) is 3.78. The molecule has 0 saturated carbocycles. The second kappa shape index (κ2) is 21.7. The van der Waals surface area contributed by atoms with Crippen LogP contribution in [0, 0.1) is 0 Å². The number of rotatable bonds is 21. The predicted molar refractivity (Wildman–Crippen MR) is 150 cm³/mol. The second-order valence-electron chi connectivity index (χ2n) is 9.46. The Labute approximate surface area is 251 Å². The molecule has 0 aromatic rings. The molecular weight excluding hydrogens is 568 g/mol. The van der Waals surface area contributed by atoms with E-state index in [0.717, 1.165) is 18.2 Å². The van der Waals surface area contributed by atoms with E-state index in [0.29, 0.717) is 38.5 Å². The van der Waals surface area contributed by atoms with Crippen LogP contribution in [0.2, 0.25) is 0 Å². The summed E-state index contributed by atoms with van der Waals surface area (Å²) in [7, 11) is 0. The maximum Gasteiger partial charge on any atom is 0.330 e. The molecule has 1 aliphatic heterocycles. The van der Waals surface area contributed by atoms with Gasteiger partial charge in [-0.25, -0.2) is 14.4 Å². The molecule has 13 nitrogen and oxygen atoms in total. The molecule has 0 aromatic heterocycles. The zero-order valence-electron chi connectivity index (χ0n) is 24.7. The maximum absolute atomic E-state index is 12.7. The summed E-state index contributed by atoms with van der Waals surface area (Å²) in [5.41, 5.74) is 0. The molecule has 13 heteroatoms. The topological polar surface area (TPSA) is 167 Å². The fourth-order valence-corrected chi connectivity index (χ4v) is 3.78. The highest BCUT2D eigenvalue weighted by Gasteiger charge is 2.45. The zero-order valence-corrected chi connectivity index (χ0v) is 24.7. The van der Waals surface area contributed by atoms with Crippen molar-refractivity contribution in [3.05, 3.63) is 38.0 Å². The van der Waals surface area contributed by atoms with Crippen LogP contribution in [-0.2, 0) is 61.9 Å². The zero-order chi connectivity index (χ0) is 32.0. The molecule has 1 rings (SSSR count). The molecule has 0 aliphatic carbocycles. The minimum atomic E-state index is -1.13. The molecule has 1 aliphatic rings. The Morgan fingerprint density at radius 1 is 0.605 bits per heavy atom. The van der Waals surface area contributed by atoms with Crippen molar-refractivity contribution < 1.29 is 61.9 Å². The van der Waals surface area contributed by atoms with Crippen molar-refractivity contribution >= 4 is 35.8 Å². The van der Waals surface area contributed by atoms with E-state index in [1.165, 1.54) is 0 Å². The highest BCUT2D eigenvalue weighted by atomic mass is 16.6. The molecule has 0 aromatic carbocycles. The lowest BCUT2D eigenvalue weighted by Crippen LogP contribution is -2.56. The molecule has 0 N–H and O–H groups in total. The van der Waals surface area contributed by atoms with Gasteiger partial charge in [0.05, 0.1) is 32.5 Å². The molecule has 0 bridgehead atoms. The van der Waals surface area contributed by atoms with Gasteiger partial charge in [0, 0.05) is 37.5 Å². The largest absolute Gasteiger partial charge is 0.463 e. The van der Waals surface area contributed by atoms with Crippen molar-refractivity contribution in [1.29, 1.82) is 0 Å². The van der Waals surface area contributed by atoms with Crippen molar-refractivity contribution in [3.63, 3.8) is 0 Å². The summed E-state index contributed by atoms with van der Waals surface area (Å²) >= 11 is 0. The minimum Gasteiger partial charge on any atom is -0.463 e. The van der Waals surface area contributed by atoms with E-state index >= 15 is 0 Å². The lowest BCUT2D eigenvalue weighted by Gasteiger charge is -2.39. The summed E-state index contributed by atoms with van der Waals surface area (Å²) in [5, 5.41) is 0. The van der Waals surface area contributed by atoms with E-state index in [-0.39, 0.29) is 45.7 Å². The Balaban J connectivity index is 2.77. The number of unbranched alkanes of at least 4 members (excludes halogenated alkanes) is 3. The van der Waals surface area contributed by atoms with Crippen LogP contribution in [0.1, 0.15) is 64.7 Å². The van der Waals surface area contributed by atoms with E-state index in [1.54, 1.807) is 6.92 Å². The van der Waals surface area contributed by atoms with Gasteiger partial charge < -0.3 is 33.2 Å². The molecule has 0 radical (unpaired) electrons. The molecule has 0 spiro atoms. The van der Waals surface area contributed by atoms with Crippen LogP contribution in [0.5, 0.6) is 0 Å². The van der Waals surface area contributed by atoms with Gasteiger partial charge in [0.15, 0.2) is 18.3 Å². The third-order valence-corrected chi connectivity index (χ3v) is 6.05. The molecule has 240 valence electrons. The van der Waals surface area contributed by atoms with Gasteiger partial charge in [0.25, 0.3) is 0 Å². The monoisotopic (exact) mass is 610 g/mol. The lowest BCUT2D eigenvalue weighted by molar-refractivity contribution is -0.225. The summed E-state index contributed by atoms with van der Waals surface area (Å²) in [4.78, 5) is 71.3. The normalized spacial score (nSPS) is 19.2. The van der Waals surface area contributed by atoms with Gasteiger partial charge >= 0.3 is 35.8 Å². The number of hydrogen-bond acceptors (Lipinski definition) is 13. The summed E-state index contributed by atoms with van der Waals surface area (Å²) in [6.45, 7) is 11.8. The molecule has 2 unspecified atom stereocenters. The van der Waals surface area contributed by atoms with Gasteiger partial charge in [0.1, 0.15) is 0 Å². The Morgan fingerprint density at radius 3 is 1.37 bits per heavy atom. The molecule has 1 fully saturated rings. The summed E-state index contributed by atoms with van der Waals surface area (Å²) < 4.78 is 37.2. The van der Waals surface area contributed by atoms with Gasteiger partial charge in [-0.3, -0.25) is 14.4 Å². The van der Waals surface area contributed by atoms with Crippen molar-refractivity contribution in [2.24, 2.45) is 0 Å². The molecule has 43 heavy (non-hydrogen) atoms. The molecule has 4 atom stereocenters. The number of carbonyl (C=O) groups is 6. The van der Waals surface area contributed by atoms with E-state index in [4.69, 9.17) is 33.2 Å². The van der Waals surface area contributed by atoms with E-state index in [2.05, 4.69) is 19.7 Å². The number of esters is 6. The Hall–Kier alpha value is -4.00. The van der Waals surface area contributed by atoms with E-state index in [1.807, 2.05) is 0 Å². The third-order valence-electron chi connectivity index (χ3n) is 6.05. The van der Waals surface area contributed by atoms with E-state index < -0.39 is 60.2 Å². The SMILES string of the molecule is C=CC(=O)OCCCCC(=O)OC1[C@@H](OC(=O)CCCCOC(=O)C=C)C(C)OC[C@H]1OC(=O)CCCCOC(=O)C=C. The van der Waals surface area contributed by atoms with Crippen LogP contribution < -0.4 is 0 Å². The fraction of sp³-hybridized carbons (Fsp3) is 0.600. The quantitative estimate of drug-likeness (QED) is 0.0806. The summed E-state index contributed by atoms with van der Waals surface area (Å²) in [6, 6.07) is 0. The summed E-state index contributed by atoms with van der Waals surface area (Å²) in [6.07, 6.45) is 1.51. The number of hydrogen-bond donors (Lipinski definition) is 0. The number of ether oxygens (including phenoxy) is 7. The van der Waals surface area contributed by atoms with Crippen LogP contribution >= 0.6 is 0 Å². The lowest BCUT2D eigenvalue weighted by atomic mass is 10.00. The minimum absolute atomic E-state index is 0.000162. The average molecular weight is 611 g/mol. The van der Waals surface area contributed by atoms with Crippen molar-refractivity contribution in [2.75, 3.05) is 26.4 Å². The molecule has 1 saturated heterocycles. The van der Waals surface area contributed by atoms with Crippen LogP contribution in [0.15, 0.2) is 38.0 Å². The Kier molecular flexibility index (Phi) is 18.7. The molecule has 0 amide bonds. The highest BCUT2D eigenvalue weighted by molar-refractivity contribution is 5.81. The smallest absolute Gasteiger partial charge is 0.330 e.